The molecular weight excluding hydrogens is 386 g/mol. The minimum Gasteiger partial charge on any atom is -0.457 e. The first-order valence-corrected chi connectivity index (χ1v) is 13.1. The summed E-state index contributed by atoms with van der Waals surface area (Å²) >= 11 is 0. The molecule has 0 aromatic carbocycles. The Labute approximate surface area is 191 Å². The molecule has 0 bridgehead atoms. The summed E-state index contributed by atoms with van der Waals surface area (Å²) in [5, 5.41) is 0. The van der Waals surface area contributed by atoms with E-state index in [0.717, 1.165) is 42.8 Å². The predicted octanol–water partition coefficient (Wildman–Crippen LogP) is 6.28. The maximum absolute atomic E-state index is 11.7. The van der Waals surface area contributed by atoms with Crippen LogP contribution in [0.15, 0.2) is 12.2 Å². The van der Waals surface area contributed by atoms with Crippen molar-refractivity contribution in [2.45, 2.75) is 135 Å². The molecule has 3 aliphatic rings. The number of carbonyl (C=O) groups is 1. The van der Waals surface area contributed by atoms with Crippen LogP contribution in [-0.4, -0.2) is 47.8 Å². The molecule has 3 rings (SSSR count). The molecule has 1 unspecified atom stereocenters. The topological polar surface area (TPSA) is 38.8 Å². The van der Waals surface area contributed by atoms with Crippen LogP contribution in [0.5, 0.6) is 0 Å². The lowest BCUT2D eigenvalue weighted by Gasteiger charge is -2.49. The van der Waals surface area contributed by atoms with Gasteiger partial charge in [-0.1, -0.05) is 20.4 Å². The molecule has 31 heavy (non-hydrogen) atoms. The van der Waals surface area contributed by atoms with E-state index >= 15 is 0 Å². The molecule has 0 aromatic heterocycles. The number of esters is 1. The van der Waals surface area contributed by atoms with Crippen LogP contribution in [0, 0.1) is 11.8 Å². The number of rotatable bonds is 8. The van der Waals surface area contributed by atoms with Crippen LogP contribution in [0.4, 0.5) is 0 Å². The average Bonchev–Trinajstić information content (AvgIpc) is 2.76. The van der Waals surface area contributed by atoms with Gasteiger partial charge in [-0.2, -0.15) is 0 Å². The second kappa shape index (κ2) is 11.8. The summed E-state index contributed by atoms with van der Waals surface area (Å²) in [4.78, 5) is 14.7. The lowest BCUT2D eigenvalue weighted by Crippen LogP contribution is -2.53. The third-order valence-corrected chi connectivity index (χ3v) is 8.10. The molecule has 4 heteroatoms. The lowest BCUT2D eigenvalue weighted by molar-refractivity contribution is -0.148. The highest BCUT2D eigenvalue weighted by atomic mass is 16.6. The third-order valence-electron chi connectivity index (χ3n) is 8.10. The van der Waals surface area contributed by atoms with Crippen LogP contribution in [0.1, 0.15) is 105 Å². The summed E-state index contributed by atoms with van der Waals surface area (Å²) in [6.07, 6.45) is 16.1. The van der Waals surface area contributed by atoms with Crippen LogP contribution in [-0.2, 0) is 14.3 Å². The Morgan fingerprint density at radius 2 is 1.26 bits per heavy atom. The summed E-state index contributed by atoms with van der Waals surface area (Å²) in [6, 6.07) is 2.34. The van der Waals surface area contributed by atoms with E-state index in [1.165, 1.54) is 64.2 Å². The van der Waals surface area contributed by atoms with E-state index in [-0.39, 0.29) is 12.1 Å². The van der Waals surface area contributed by atoms with Gasteiger partial charge in [-0.05, 0) is 103 Å². The van der Waals surface area contributed by atoms with Crippen LogP contribution in [0.25, 0.3) is 0 Å². The Hall–Kier alpha value is -0.870. The van der Waals surface area contributed by atoms with Crippen molar-refractivity contribution < 1.29 is 14.3 Å². The first-order valence-electron chi connectivity index (χ1n) is 13.1. The second-order valence-corrected chi connectivity index (χ2v) is 11.0. The zero-order chi connectivity index (χ0) is 22.4. The van der Waals surface area contributed by atoms with Gasteiger partial charge in [0, 0.05) is 23.7 Å². The molecular formula is C27H47NO3. The smallest absolute Gasteiger partial charge is 0.333 e. The van der Waals surface area contributed by atoms with Crippen LogP contribution in [0.2, 0.25) is 0 Å². The fraction of sp³-hybridized carbons (Fsp3) is 0.889. The fourth-order valence-electron chi connectivity index (χ4n) is 6.07. The molecule has 3 aliphatic carbocycles. The minimum atomic E-state index is -0.320. The molecule has 0 amide bonds. The van der Waals surface area contributed by atoms with E-state index < -0.39 is 0 Å². The van der Waals surface area contributed by atoms with Gasteiger partial charge in [0.2, 0.25) is 0 Å². The molecule has 0 aliphatic heterocycles. The van der Waals surface area contributed by atoms with Crippen molar-refractivity contribution in [2.75, 3.05) is 6.61 Å². The van der Waals surface area contributed by atoms with Gasteiger partial charge in [-0.15, -0.1) is 0 Å². The molecule has 178 valence electrons. The molecule has 4 nitrogen and oxygen atoms in total. The van der Waals surface area contributed by atoms with Gasteiger partial charge in [0.05, 0.1) is 12.7 Å². The van der Waals surface area contributed by atoms with Gasteiger partial charge < -0.3 is 9.47 Å². The van der Waals surface area contributed by atoms with Crippen LogP contribution >= 0.6 is 0 Å². The fourth-order valence-corrected chi connectivity index (χ4v) is 6.07. The largest absolute Gasteiger partial charge is 0.457 e. The molecule has 3 saturated carbocycles. The molecule has 0 aromatic rings. The Balaban J connectivity index is 1.50. The SMILES string of the molecule is C=C(C)C(=O)OC(C)COC1CCC(N(C2CCC(C)CC2)C2CCC(C)CC2)CC1. The standard InChI is InChI=1S/C27H47NO3/c1-19(2)27(29)31-22(5)18-30-26-16-14-25(15-17-26)28(23-10-6-20(3)7-11-23)24-12-8-21(4)9-13-24/h20-26H,1,6-18H2,2-5H3. The van der Waals surface area contributed by atoms with Gasteiger partial charge in [0.15, 0.2) is 0 Å². The number of hydrogen-bond acceptors (Lipinski definition) is 4. The minimum absolute atomic E-state index is 0.216. The van der Waals surface area contributed by atoms with E-state index in [0.29, 0.717) is 18.3 Å². The maximum Gasteiger partial charge on any atom is 0.333 e. The molecule has 0 heterocycles. The summed E-state index contributed by atoms with van der Waals surface area (Å²) in [6.45, 7) is 12.6. The number of carbonyl (C=O) groups excluding carboxylic acids is 1. The summed E-state index contributed by atoms with van der Waals surface area (Å²) in [5.74, 6) is 1.50. The predicted molar refractivity (Wildman–Crippen MR) is 127 cm³/mol. The van der Waals surface area contributed by atoms with Crippen LogP contribution < -0.4 is 0 Å². The van der Waals surface area contributed by atoms with E-state index in [4.69, 9.17) is 9.47 Å². The highest BCUT2D eigenvalue weighted by molar-refractivity contribution is 5.87. The highest BCUT2D eigenvalue weighted by Gasteiger charge is 2.37. The normalized spacial score (nSPS) is 35.5. The summed E-state index contributed by atoms with van der Waals surface area (Å²) in [7, 11) is 0. The van der Waals surface area contributed by atoms with E-state index in [2.05, 4.69) is 25.3 Å². The van der Waals surface area contributed by atoms with Gasteiger partial charge in [-0.3, -0.25) is 4.90 Å². The molecule has 3 fully saturated rings. The van der Waals surface area contributed by atoms with E-state index in [1.54, 1.807) is 6.92 Å². The Bertz CT molecular complexity index is 545. The van der Waals surface area contributed by atoms with Crippen molar-refractivity contribution in [3.63, 3.8) is 0 Å². The zero-order valence-corrected chi connectivity index (χ0v) is 20.6. The van der Waals surface area contributed by atoms with Crippen molar-refractivity contribution in [2.24, 2.45) is 11.8 Å². The van der Waals surface area contributed by atoms with Gasteiger partial charge in [-0.25, -0.2) is 4.79 Å². The van der Waals surface area contributed by atoms with Gasteiger partial charge in [0.25, 0.3) is 0 Å². The molecule has 1 atom stereocenters. The quantitative estimate of drug-likeness (QED) is 0.333. The zero-order valence-electron chi connectivity index (χ0n) is 20.6. The van der Waals surface area contributed by atoms with E-state index in [9.17, 15) is 4.79 Å². The van der Waals surface area contributed by atoms with Crippen molar-refractivity contribution in [3.05, 3.63) is 12.2 Å². The summed E-state index contributed by atoms with van der Waals surface area (Å²) < 4.78 is 11.5. The number of nitrogens with zero attached hydrogens (tertiary/aromatic N) is 1. The maximum atomic E-state index is 11.7. The van der Waals surface area contributed by atoms with Crippen molar-refractivity contribution in [1.29, 1.82) is 0 Å². The number of ether oxygens (including phenoxy) is 2. The van der Waals surface area contributed by atoms with Gasteiger partial charge >= 0.3 is 5.97 Å². The first-order chi connectivity index (χ1) is 14.8. The average molecular weight is 434 g/mol. The second-order valence-electron chi connectivity index (χ2n) is 11.0. The van der Waals surface area contributed by atoms with Crippen molar-refractivity contribution in [3.8, 4) is 0 Å². The van der Waals surface area contributed by atoms with E-state index in [1.807, 2.05) is 6.92 Å². The van der Waals surface area contributed by atoms with Gasteiger partial charge in [0.1, 0.15) is 6.10 Å². The highest BCUT2D eigenvalue weighted by Crippen LogP contribution is 2.38. The Morgan fingerprint density at radius 1 is 0.839 bits per heavy atom. The van der Waals surface area contributed by atoms with Crippen molar-refractivity contribution >= 4 is 5.97 Å². The molecule has 0 saturated heterocycles. The molecule has 0 spiro atoms. The van der Waals surface area contributed by atoms with Crippen molar-refractivity contribution in [1.82, 2.24) is 4.90 Å². The first kappa shape index (κ1) is 24.8. The monoisotopic (exact) mass is 433 g/mol. The third kappa shape index (κ3) is 7.32. The Morgan fingerprint density at radius 3 is 1.68 bits per heavy atom. The van der Waals surface area contributed by atoms with Crippen LogP contribution in [0.3, 0.4) is 0 Å². The lowest BCUT2D eigenvalue weighted by atomic mass is 9.79. The Kier molecular flexibility index (Phi) is 9.46. The molecule has 0 N–H and O–H groups in total. The molecule has 0 radical (unpaired) electrons. The summed E-state index contributed by atoms with van der Waals surface area (Å²) in [5.41, 5.74) is 0.446. The number of hydrogen-bond donors (Lipinski definition) is 0.